The van der Waals surface area contributed by atoms with Gasteiger partial charge in [-0.1, -0.05) is 0 Å². The molecule has 12 heteroatoms. The van der Waals surface area contributed by atoms with E-state index in [0.717, 1.165) is 18.2 Å². The number of anilines is 1. The van der Waals surface area contributed by atoms with Crippen LogP contribution in [-0.4, -0.2) is 48.1 Å². The summed E-state index contributed by atoms with van der Waals surface area (Å²) in [6.07, 6.45) is 0. The summed E-state index contributed by atoms with van der Waals surface area (Å²) in [5, 5.41) is 28.3. The molecule has 0 bridgehead atoms. The second-order valence-corrected chi connectivity index (χ2v) is 6.82. The van der Waals surface area contributed by atoms with Gasteiger partial charge in [0.2, 0.25) is 0 Å². The van der Waals surface area contributed by atoms with Gasteiger partial charge < -0.3 is 20.3 Å². The fourth-order valence-electron chi connectivity index (χ4n) is 2.09. The molecule has 0 atom stereocenters. The van der Waals surface area contributed by atoms with Gasteiger partial charge in [-0.05, 0) is 30.3 Å². The third kappa shape index (κ3) is 5.75. The van der Waals surface area contributed by atoms with Crippen molar-refractivity contribution in [3.63, 3.8) is 0 Å². The van der Waals surface area contributed by atoms with E-state index in [1.807, 2.05) is 0 Å². The molecule has 0 aliphatic carbocycles. The second kappa shape index (κ2) is 8.45. The summed E-state index contributed by atoms with van der Waals surface area (Å²) in [6, 6.07) is 7.64. The Labute approximate surface area is 159 Å². The van der Waals surface area contributed by atoms with Crippen LogP contribution in [0.5, 0.6) is 5.75 Å². The molecule has 0 saturated carbocycles. The summed E-state index contributed by atoms with van der Waals surface area (Å²) < 4.78 is 35.5. The number of hydrogen-bond donors (Lipinski definition) is 4. The molecule has 0 aliphatic rings. The van der Waals surface area contributed by atoms with Gasteiger partial charge in [0.05, 0.1) is 35.3 Å². The maximum Gasteiger partial charge on any atom is 0.335 e. The minimum Gasteiger partial charge on any atom is -0.495 e. The van der Waals surface area contributed by atoms with Crippen LogP contribution >= 0.6 is 0 Å². The monoisotopic (exact) mass is 409 g/mol. The van der Waals surface area contributed by atoms with Gasteiger partial charge in [-0.3, -0.25) is 4.55 Å². The average Bonchev–Trinajstić information content (AvgIpc) is 2.63. The first-order valence-corrected chi connectivity index (χ1v) is 9.10. The lowest BCUT2D eigenvalue weighted by Crippen LogP contribution is -2.13. The first-order valence-electron chi connectivity index (χ1n) is 7.49. The lowest BCUT2D eigenvalue weighted by molar-refractivity contribution is 0.0696. The van der Waals surface area contributed by atoms with Crippen molar-refractivity contribution >= 4 is 39.1 Å². The number of carbonyl (C=O) groups is 2. The van der Waals surface area contributed by atoms with Crippen LogP contribution in [0.3, 0.4) is 0 Å². The standard InChI is InChI=1S/C16H15N3O8S/c1-27-14-7-11(2-3-13(14)17-8-28(24,25)26)18-19-12-5-9(15(20)21)4-10(6-12)16(22)23/h2-7,17H,8H2,1H3,(H,20,21)(H,22,23)(H,24,25,26). The lowest BCUT2D eigenvalue weighted by Gasteiger charge is -2.10. The first-order chi connectivity index (χ1) is 13.1. The summed E-state index contributed by atoms with van der Waals surface area (Å²) in [5.74, 6) is -3.12. The van der Waals surface area contributed by atoms with Crippen molar-refractivity contribution in [2.75, 3.05) is 18.3 Å². The fourth-order valence-corrected chi connectivity index (χ4v) is 2.43. The number of benzene rings is 2. The molecule has 28 heavy (non-hydrogen) atoms. The highest BCUT2D eigenvalue weighted by atomic mass is 32.2. The SMILES string of the molecule is COc1cc(N=Nc2cc(C(=O)O)cc(C(=O)O)c2)ccc1NCS(=O)(=O)O. The number of methoxy groups -OCH3 is 1. The number of rotatable bonds is 8. The number of carboxylic acid groups (broad SMARTS) is 2. The van der Waals surface area contributed by atoms with Gasteiger partial charge in [0.1, 0.15) is 11.6 Å². The van der Waals surface area contributed by atoms with Gasteiger partial charge in [0.15, 0.2) is 0 Å². The van der Waals surface area contributed by atoms with Gasteiger partial charge in [-0.2, -0.15) is 18.6 Å². The minimum atomic E-state index is -4.23. The smallest absolute Gasteiger partial charge is 0.335 e. The van der Waals surface area contributed by atoms with E-state index < -0.39 is 27.9 Å². The van der Waals surface area contributed by atoms with Crippen LogP contribution in [0.4, 0.5) is 17.1 Å². The molecule has 11 nitrogen and oxygen atoms in total. The van der Waals surface area contributed by atoms with Crippen LogP contribution < -0.4 is 10.1 Å². The van der Waals surface area contributed by atoms with E-state index >= 15 is 0 Å². The summed E-state index contributed by atoms with van der Waals surface area (Å²) in [5.41, 5.74) is 0.0594. The highest BCUT2D eigenvalue weighted by Crippen LogP contribution is 2.30. The molecule has 2 rings (SSSR count). The molecular formula is C16H15N3O8S. The van der Waals surface area contributed by atoms with Crippen LogP contribution in [0.1, 0.15) is 20.7 Å². The Balaban J connectivity index is 2.31. The third-order valence-electron chi connectivity index (χ3n) is 3.32. The number of hydrogen-bond acceptors (Lipinski definition) is 8. The topological polar surface area (TPSA) is 175 Å². The van der Waals surface area contributed by atoms with Crippen molar-refractivity contribution in [3.8, 4) is 5.75 Å². The summed E-state index contributed by atoms with van der Waals surface area (Å²) >= 11 is 0. The van der Waals surface area contributed by atoms with E-state index in [-0.39, 0.29) is 33.9 Å². The van der Waals surface area contributed by atoms with Crippen molar-refractivity contribution in [1.29, 1.82) is 0 Å². The largest absolute Gasteiger partial charge is 0.495 e. The molecule has 2 aromatic carbocycles. The van der Waals surface area contributed by atoms with Crippen LogP contribution in [0.2, 0.25) is 0 Å². The molecule has 0 amide bonds. The summed E-state index contributed by atoms with van der Waals surface area (Å²) in [4.78, 5) is 22.2. The molecule has 0 unspecified atom stereocenters. The molecule has 0 radical (unpaired) electrons. The molecular weight excluding hydrogens is 394 g/mol. The Morgan fingerprint density at radius 3 is 2.07 bits per heavy atom. The quantitative estimate of drug-likeness (QED) is 0.377. The van der Waals surface area contributed by atoms with E-state index in [2.05, 4.69) is 15.5 Å². The molecule has 0 aromatic heterocycles. The Morgan fingerprint density at radius 1 is 1.00 bits per heavy atom. The molecule has 0 spiro atoms. The summed E-state index contributed by atoms with van der Waals surface area (Å²) in [7, 11) is -2.89. The van der Waals surface area contributed by atoms with Crippen molar-refractivity contribution in [3.05, 3.63) is 47.5 Å². The minimum absolute atomic E-state index is 0.0184. The predicted molar refractivity (Wildman–Crippen MR) is 97.6 cm³/mol. The number of ether oxygens (including phenoxy) is 1. The number of aromatic carboxylic acids is 2. The van der Waals surface area contributed by atoms with E-state index in [1.165, 1.54) is 25.3 Å². The van der Waals surface area contributed by atoms with E-state index in [1.54, 1.807) is 0 Å². The van der Waals surface area contributed by atoms with Crippen molar-refractivity contribution in [2.45, 2.75) is 0 Å². The maximum absolute atomic E-state index is 11.1. The number of carboxylic acids is 2. The highest BCUT2D eigenvalue weighted by molar-refractivity contribution is 7.85. The first kappa shape index (κ1) is 20.8. The molecule has 4 N–H and O–H groups in total. The molecule has 0 heterocycles. The Morgan fingerprint density at radius 2 is 1.57 bits per heavy atom. The van der Waals surface area contributed by atoms with Crippen molar-refractivity contribution < 1.29 is 37.5 Å². The molecule has 0 aliphatic heterocycles. The molecule has 2 aromatic rings. The fraction of sp³-hybridized carbons (Fsp3) is 0.125. The highest BCUT2D eigenvalue weighted by Gasteiger charge is 2.12. The van der Waals surface area contributed by atoms with Crippen molar-refractivity contribution in [2.24, 2.45) is 10.2 Å². The van der Waals surface area contributed by atoms with Crippen molar-refractivity contribution in [1.82, 2.24) is 0 Å². The van der Waals surface area contributed by atoms with Gasteiger partial charge in [-0.15, -0.1) is 0 Å². The molecule has 0 saturated heterocycles. The van der Waals surface area contributed by atoms with Crippen LogP contribution in [-0.2, 0) is 10.1 Å². The van der Waals surface area contributed by atoms with E-state index in [0.29, 0.717) is 0 Å². The van der Waals surface area contributed by atoms with Crippen LogP contribution in [0, 0.1) is 0 Å². The summed E-state index contributed by atoms with van der Waals surface area (Å²) in [6.45, 7) is 0. The second-order valence-electron chi connectivity index (χ2n) is 5.37. The van der Waals surface area contributed by atoms with Crippen LogP contribution in [0.25, 0.3) is 0 Å². The molecule has 0 fully saturated rings. The van der Waals surface area contributed by atoms with Crippen LogP contribution in [0.15, 0.2) is 46.6 Å². The Hall–Kier alpha value is -3.51. The predicted octanol–water partition coefficient (Wildman–Crippen LogP) is 2.76. The zero-order valence-electron chi connectivity index (χ0n) is 14.4. The zero-order chi connectivity index (χ0) is 20.9. The maximum atomic E-state index is 11.1. The number of nitrogens with zero attached hydrogens (tertiary/aromatic N) is 2. The Kier molecular flexibility index (Phi) is 6.28. The van der Waals surface area contributed by atoms with E-state index in [4.69, 9.17) is 19.5 Å². The number of nitrogens with one attached hydrogen (secondary N) is 1. The average molecular weight is 409 g/mol. The zero-order valence-corrected chi connectivity index (χ0v) is 15.2. The van der Waals surface area contributed by atoms with Gasteiger partial charge in [-0.25, -0.2) is 9.59 Å². The van der Waals surface area contributed by atoms with Gasteiger partial charge >= 0.3 is 11.9 Å². The number of azo groups is 1. The third-order valence-corrected chi connectivity index (χ3v) is 3.83. The van der Waals surface area contributed by atoms with Gasteiger partial charge in [0, 0.05) is 6.07 Å². The van der Waals surface area contributed by atoms with E-state index in [9.17, 15) is 18.0 Å². The lowest BCUT2D eigenvalue weighted by atomic mass is 10.1. The normalized spacial score (nSPS) is 11.4. The van der Waals surface area contributed by atoms with Gasteiger partial charge in [0.25, 0.3) is 10.1 Å². The molecule has 148 valence electrons. The Bertz CT molecular complexity index is 1020.